The third-order valence-corrected chi connectivity index (χ3v) is 6.21. The Morgan fingerprint density at radius 3 is 2.82 bits per heavy atom. The number of hydrogen-bond donors (Lipinski definition) is 2. The molecule has 2 unspecified atom stereocenters. The minimum Gasteiger partial charge on any atom is -0.468 e. The van der Waals surface area contributed by atoms with Crippen molar-refractivity contribution >= 4 is 13.7 Å². The predicted octanol–water partition coefficient (Wildman–Crippen LogP) is 1.79. The number of hydrogen-bond acceptors (Lipinski definition) is 8. The van der Waals surface area contributed by atoms with Crippen molar-refractivity contribution in [1.82, 2.24) is 14.6 Å². The van der Waals surface area contributed by atoms with Gasteiger partial charge in [-0.05, 0) is 32.1 Å². The number of benzene rings is 1. The lowest BCUT2D eigenvalue weighted by Crippen LogP contribution is -2.35. The van der Waals surface area contributed by atoms with Crippen LogP contribution in [0.5, 0.6) is 5.75 Å². The van der Waals surface area contributed by atoms with Crippen LogP contribution in [0.1, 0.15) is 18.7 Å². The molecular weight excluding hydrogens is 460 g/mol. The molecule has 2 aromatic rings. The van der Waals surface area contributed by atoms with Gasteiger partial charge in [-0.25, -0.2) is 13.8 Å². The first kappa shape index (κ1) is 24.6. The van der Waals surface area contributed by atoms with E-state index in [1.807, 2.05) is 0 Å². The smallest absolute Gasteiger partial charge is 0.459 e. The van der Waals surface area contributed by atoms with E-state index in [0.29, 0.717) is 5.56 Å². The van der Waals surface area contributed by atoms with Crippen LogP contribution in [0, 0.1) is 12.7 Å². The van der Waals surface area contributed by atoms with Gasteiger partial charge < -0.3 is 14.0 Å². The van der Waals surface area contributed by atoms with Crippen LogP contribution in [0.4, 0.5) is 4.39 Å². The molecule has 2 N–H and O–H groups in total. The summed E-state index contributed by atoms with van der Waals surface area (Å²) in [7, 11) is -3.04. The average molecular weight is 483 g/mol. The molecule has 33 heavy (non-hydrogen) atoms. The number of H-pyrrole nitrogens is 1. The van der Waals surface area contributed by atoms with Crippen molar-refractivity contribution in [3.05, 3.63) is 74.8 Å². The zero-order valence-corrected chi connectivity index (χ0v) is 18.9. The van der Waals surface area contributed by atoms with Crippen molar-refractivity contribution < 1.29 is 32.3 Å². The van der Waals surface area contributed by atoms with Gasteiger partial charge >= 0.3 is 19.4 Å². The summed E-state index contributed by atoms with van der Waals surface area (Å²) < 4.78 is 49.2. The molecule has 0 aliphatic carbocycles. The SMILES string of the molecule is COC(=O)C(C)NP(=O)(OC[C@@H]1C=C[C@H](n2cc(C)c(=O)[nH]c2=O)O1)Oc1cccc(F)c1. The van der Waals surface area contributed by atoms with E-state index in [2.05, 4.69) is 14.8 Å². The fourth-order valence-electron chi connectivity index (χ4n) is 2.91. The van der Waals surface area contributed by atoms with Crippen molar-refractivity contribution in [2.24, 2.45) is 0 Å². The van der Waals surface area contributed by atoms with E-state index in [1.54, 1.807) is 19.1 Å². The molecule has 178 valence electrons. The number of aryl methyl sites for hydroxylation is 1. The molecule has 11 nitrogen and oxygen atoms in total. The zero-order chi connectivity index (χ0) is 24.2. The summed E-state index contributed by atoms with van der Waals surface area (Å²) in [5, 5.41) is 2.44. The summed E-state index contributed by atoms with van der Waals surface area (Å²) in [5.74, 6) is -1.42. The molecule has 0 saturated heterocycles. The summed E-state index contributed by atoms with van der Waals surface area (Å²) in [6.07, 6.45) is 2.93. The Labute approximate surface area is 187 Å². The molecule has 1 aromatic heterocycles. The third kappa shape index (κ3) is 6.26. The quantitative estimate of drug-likeness (QED) is 0.311. The maximum atomic E-state index is 13.5. The molecule has 0 bridgehead atoms. The average Bonchev–Trinajstić information content (AvgIpc) is 3.23. The highest BCUT2D eigenvalue weighted by Gasteiger charge is 2.34. The molecule has 4 atom stereocenters. The van der Waals surface area contributed by atoms with Gasteiger partial charge in [-0.1, -0.05) is 12.1 Å². The van der Waals surface area contributed by atoms with Crippen LogP contribution in [0.2, 0.25) is 0 Å². The molecule has 2 heterocycles. The molecule has 3 rings (SSSR count). The number of halogens is 1. The summed E-state index contributed by atoms with van der Waals surface area (Å²) in [5.41, 5.74) is -0.838. The Hall–Kier alpha value is -3.05. The van der Waals surface area contributed by atoms with Crippen molar-refractivity contribution in [3.63, 3.8) is 0 Å². The molecule has 1 aliphatic heterocycles. The van der Waals surface area contributed by atoms with Gasteiger partial charge in [-0.15, -0.1) is 0 Å². The number of nitrogens with one attached hydrogen (secondary N) is 2. The Bertz CT molecular complexity index is 1210. The number of rotatable bonds is 9. The first-order chi connectivity index (χ1) is 15.6. The molecular formula is C20H23FN3O8P. The van der Waals surface area contributed by atoms with E-state index < -0.39 is 49.2 Å². The predicted molar refractivity (Wildman–Crippen MR) is 114 cm³/mol. The van der Waals surface area contributed by atoms with E-state index in [9.17, 15) is 23.3 Å². The van der Waals surface area contributed by atoms with Crippen LogP contribution in [0.25, 0.3) is 0 Å². The summed E-state index contributed by atoms with van der Waals surface area (Å²) in [6, 6.07) is 3.85. The molecule has 13 heteroatoms. The highest BCUT2D eigenvalue weighted by molar-refractivity contribution is 7.52. The van der Waals surface area contributed by atoms with Gasteiger partial charge in [0, 0.05) is 17.8 Å². The molecule has 1 aromatic carbocycles. The third-order valence-electron chi connectivity index (χ3n) is 4.56. The first-order valence-electron chi connectivity index (χ1n) is 9.81. The van der Waals surface area contributed by atoms with Crippen molar-refractivity contribution in [3.8, 4) is 5.75 Å². The van der Waals surface area contributed by atoms with Crippen LogP contribution in [0.15, 0.2) is 52.2 Å². The molecule has 0 saturated carbocycles. The number of aromatic nitrogens is 2. The zero-order valence-electron chi connectivity index (χ0n) is 18.0. The van der Waals surface area contributed by atoms with Gasteiger partial charge in [0.1, 0.15) is 23.7 Å². The summed E-state index contributed by atoms with van der Waals surface area (Å²) in [6.45, 7) is 2.64. The second-order valence-corrected chi connectivity index (χ2v) is 8.84. The molecule has 0 spiro atoms. The number of ether oxygens (including phenoxy) is 2. The fourth-order valence-corrected chi connectivity index (χ4v) is 4.40. The number of esters is 1. The van der Waals surface area contributed by atoms with Gasteiger partial charge in [-0.2, -0.15) is 5.09 Å². The highest BCUT2D eigenvalue weighted by atomic mass is 31.2. The van der Waals surface area contributed by atoms with Crippen LogP contribution < -0.4 is 20.9 Å². The number of carbonyl (C=O) groups is 1. The van der Waals surface area contributed by atoms with E-state index in [-0.39, 0.29) is 12.4 Å². The number of nitrogens with zero attached hydrogens (tertiary/aromatic N) is 1. The normalized spacial score (nSPS) is 20.2. The Balaban J connectivity index is 1.71. The fraction of sp³-hybridized carbons (Fsp3) is 0.350. The van der Waals surface area contributed by atoms with Gasteiger partial charge in [0.05, 0.1) is 13.7 Å². The van der Waals surface area contributed by atoms with Gasteiger partial charge in [0.15, 0.2) is 6.23 Å². The molecule has 0 radical (unpaired) electrons. The van der Waals surface area contributed by atoms with E-state index >= 15 is 0 Å². The van der Waals surface area contributed by atoms with Crippen molar-refractivity contribution in [1.29, 1.82) is 0 Å². The van der Waals surface area contributed by atoms with Crippen LogP contribution in [0.3, 0.4) is 0 Å². The lowest BCUT2D eigenvalue weighted by molar-refractivity contribution is -0.142. The van der Waals surface area contributed by atoms with E-state index in [4.69, 9.17) is 13.8 Å². The second kappa shape index (κ2) is 10.3. The standard InChI is InChI=1S/C20H23FN3O8P/c1-12-10-24(20(27)22-18(12)25)17-8-7-16(31-17)11-30-33(28,23-13(2)19(26)29-3)32-15-6-4-5-14(21)9-15/h4-10,13,16-17H,11H2,1-3H3,(H,23,28)(H,22,25,27)/t13?,16-,17+,33?/m0/s1. The lowest BCUT2D eigenvalue weighted by atomic mass is 10.3. The lowest BCUT2D eigenvalue weighted by Gasteiger charge is -2.24. The molecule has 1 aliphatic rings. The monoisotopic (exact) mass is 483 g/mol. The molecule has 0 amide bonds. The topological polar surface area (TPSA) is 138 Å². The Morgan fingerprint density at radius 2 is 2.12 bits per heavy atom. The van der Waals surface area contributed by atoms with Crippen molar-refractivity contribution in [2.75, 3.05) is 13.7 Å². The van der Waals surface area contributed by atoms with Crippen LogP contribution in [-0.4, -0.2) is 41.4 Å². The Morgan fingerprint density at radius 1 is 1.36 bits per heavy atom. The Kier molecular flexibility index (Phi) is 7.65. The van der Waals surface area contributed by atoms with Crippen LogP contribution >= 0.6 is 7.75 Å². The van der Waals surface area contributed by atoms with Gasteiger partial charge in [0.2, 0.25) is 0 Å². The second-order valence-electron chi connectivity index (χ2n) is 7.14. The maximum Gasteiger partial charge on any atom is 0.459 e. The minimum atomic E-state index is -4.20. The van der Waals surface area contributed by atoms with Gasteiger partial charge in [-0.3, -0.25) is 23.7 Å². The summed E-state index contributed by atoms with van der Waals surface area (Å²) in [4.78, 5) is 37.6. The number of aromatic amines is 1. The van der Waals surface area contributed by atoms with Gasteiger partial charge in [0.25, 0.3) is 5.56 Å². The van der Waals surface area contributed by atoms with E-state index in [0.717, 1.165) is 13.2 Å². The minimum absolute atomic E-state index is 0.0843. The van der Waals surface area contributed by atoms with E-state index in [1.165, 1.54) is 35.9 Å². The van der Waals surface area contributed by atoms with Crippen LogP contribution in [-0.2, 0) is 23.4 Å². The first-order valence-corrected chi connectivity index (χ1v) is 11.4. The number of carbonyl (C=O) groups excluding carboxylic acids is 1. The maximum absolute atomic E-state index is 13.5. The van der Waals surface area contributed by atoms with Crippen molar-refractivity contribution in [2.45, 2.75) is 32.2 Å². The molecule has 0 fully saturated rings. The largest absolute Gasteiger partial charge is 0.468 e. The summed E-state index contributed by atoms with van der Waals surface area (Å²) >= 11 is 0. The highest BCUT2D eigenvalue weighted by Crippen LogP contribution is 2.45. The number of methoxy groups -OCH3 is 1.